The highest BCUT2D eigenvalue weighted by molar-refractivity contribution is 5.92. The molecule has 5 aromatic rings. The predicted molar refractivity (Wildman–Crippen MR) is 163 cm³/mol. The molecule has 12 heteroatoms. The standard InChI is InChI=1S/C33H32FN7O4/c1-21-6-10-25(41(21)29-4-3-5-31(38-29)45-20-24-8-7-22(16-35)14-26(24)34)17-39(2)18-30-37-27-11-9-23(33(42)43)15-28(27)40(30)19-32-36-12-13-44-32/h3-5,7-9,11-15,21,25H,6,10,17-20H2,1-2H3,(H,42,43). The lowest BCUT2D eigenvalue weighted by molar-refractivity contribution is 0.0697. The summed E-state index contributed by atoms with van der Waals surface area (Å²) in [5, 5.41) is 18.5. The first kappa shape index (κ1) is 29.8. The van der Waals surface area contributed by atoms with E-state index in [-0.39, 0.29) is 29.8 Å². The highest BCUT2D eigenvalue weighted by Crippen LogP contribution is 2.31. The summed E-state index contributed by atoms with van der Waals surface area (Å²) in [7, 11) is 2.04. The first-order valence-corrected chi connectivity index (χ1v) is 14.6. The number of nitriles is 1. The van der Waals surface area contributed by atoms with E-state index in [1.165, 1.54) is 12.3 Å². The highest BCUT2D eigenvalue weighted by Gasteiger charge is 2.33. The Morgan fingerprint density at radius 3 is 2.82 bits per heavy atom. The summed E-state index contributed by atoms with van der Waals surface area (Å²) >= 11 is 0. The number of fused-ring (bicyclic) bond motifs is 1. The number of nitrogens with zero attached hydrogens (tertiary/aromatic N) is 7. The van der Waals surface area contributed by atoms with Gasteiger partial charge in [-0.3, -0.25) is 4.90 Å². The number of rotatable bonds is 11. The number of likely N-dealkylation sites (N-methyl/N-ethyl adjacent to an activating group) is 1. The molecule has 6 rings (SSSR count). The van der Waals surface area contributed by atoms with Gasteiger partial charge in [0.2, 0.25) is 11.8 Å². The molecule has 0 saturated carbocycles. The van der Waals surface area contributed by atoms with Gasteiger partial charge in [0, 0.05) is 30.3 Å². The summed E-state index contributed by atoms with van der Waals surface area (Å²) in [6.45, 7) is 3.75. The fraction of sp³-hybridized carbons (Fsp3) is 0.303. The Kier molecular flexibility index (Phi) is 8.44. The number of imidazole rings is 1. The molecule has 1 N–H and O–H groups in total. The first-order valence-electron chi connectivity index (χ1n) is 14.6. The number of anilines is 1. The maximum Gasteiger partial charge on any atom is 0.335 e. The van der Waals surface area contributed by atoms with Crippen molar-refractivity contribution < 1.29 is 23.4 Å². The Morgan fingerprint density at radius 1 is 1.20 bits per heavy atom. The van der Waals surface area contributed by atoms with E-state index in [0.717, 1.165) is 31.0 Å². The van der Waals surface area contributed by atoms with Crippen LogP contribution in [0.1, 0.15) is 53.0 Å². The van der Waals surface area contributed by atoms with E-state index in [1.54, 1.807) is 42.6 Å². The van der Waals surface area contributed by atoms with Crippen LogP contribution < -0.4 is 9.64 Å². The van der Waals surface area contributed by atoms with Crippen molar-refractivity contribution in [3.8, 4) is 11.9 Å². The average molecular weight is 610 g/mol. The minimum absolute atomic E-state index is 0.00179. The van der Waals surface area contributed by atoms with Crippen molar-refractivity contribution in [2.75, 3.05) is 18.5 Å². The third kappa shape index (κ3) is 6.49. The van der Waals surface area contributed by atoms with Crippen molar-refractivity contribution in [2.45, 2.75) is 51.5 Å². The number of halogens is 1. The van der Waals surface area contributed by atoms with Gasteiger partial charge in [-0.1, -0.05) is 12.1 Å². The monoisotopic (exact) mass is 609 g/mol. The van der Waals surface area contributed by atoms with E-state index in [4.69, 9.17) is 24.4 Å². The zero-order chi connectivity index (χ0) is 31.5. The third-order valence-electron chi connectivity index (χ3n) is 8.10. The van der Waals surface area contributed by atoms with E-state index in [9.17, 15) is 14.3 Å². The van der Waals surface area contributed by atoms with Gasteiger partial charge in [0.05, 0.1) is 41.0 Å². The fourth-order valence-corrected chi connectivity index (χ4v) is 5.91. The Morgan fingerprint density at radius 2 is 2.07 bits per heavy atom. The van der Waals surface area contributed by atoms with Gasteiger partial charge in [-0.05, 0) is 63.2 Å². The molecule has 45 heavy (non-hydrogen) atoms. The van der Waals surface area contributed by atoms with Gasteiger partial charge in [0.1, 0.15) is 36.9 Å². The van der Waals surface area contributed by atoms with Crippen molar-refractivity contribution in [3.05, 3.63) is 101 Å². The highest BCUT2D eigenvalue weighted by atomic mass is 19.1. The SMILES string of the molecule is CC1CCC(CN(C)Cc2nc3ccc(C(=O)O)cc3n2Cc2ncco2)N1c1cccc(OCc2ccc(C#N)cc2F)n1. The summed E-state index contributed by atoms with van der Waals surface area (Å²) in [6, 6.07) is 17.2. The molecule has 1 aliphatic heterocycles. The molecule has 2 aromatic carbocycles. The molecule has 3 aromatic heterocycles. The molecular weight excluding hydrogens is 577 g/mol. The second kappa shape index (κ2) is 12.8. The van der Waals surface area contributed by atoms with Gasteiger partial charge < -0.3 is 23.7 Å². The number of carbonyl (C=O) groups is 1. The third-order valence-corrected chi connectivity index (χ3v) is 8.10. The number of carboxylic acid groups (broad SMARTS) is 1. The average Bonchev–Trinajstić information content (AvgIpc) is 3.76. The van der Waals surface area contributed by atoms with Crippen molar-refractivity contribution in [3.63, 3.8) is 0 Å². The molecule has 0 spiro atoms. The fourth-order valence-electron chi connectivity index (χ4n) is 5.91. The van der Waals surface area contributed by atoms with Gasteiger partial charge in [0.15, 0.2) is 0 Å². The minimum atomic E-state index is -1.00. The number of benzene rings is 2. The van der Waals surface area contributed by atoms with Crippen LogP contribution >= 0.6 is 0 Å². The quantitative estimate of drug-likeness (QED) is 0.212. The number of hydrogen-bond acceptors (Lipinski definition) is 9. The van der Waals surface area contributed by atoms with Gasteiger partial charge in [-0.15, -0.1) is 0 Å². The molecule has 2 atom stereocenters. The lowest BCUT2D eigenvalue weighted by atomic mass is 10.1. The lowest BCUT2D eigenvalue weighted by Gasteiger charge is -2.32. The molecule has 2 unspecified atom stereocenters. The second-order valence-corrected chi connectivity index (χ2v) is 11.3. The van der Waals surface area contributed by atoms with E-state index in [1.807, 2.05) is 29.8 Å². The van der Waals surface area contributed by atoms with E-state index >= 15 is 0 Å². The molecule has 11 nitrogen and oxygen atoms in total. The molecule has 0 bridgehead atoms. The van der Waals surface area contributed by atoms with E-state index in [2.05, 4.69) is 21.7 Å². The van der Waals surface area contributed by atoms with E-state index in [0.29, 0.717) is 41.5 Å². The number of aromatic nitrogens is 4. The summed E-state index contributed by atoms with van der Waals surface area (Å²) in [6.07, 6.45) is 5.07. The van der Waals surface area contributed by atoms with Crippen LogP contribution in [0.5, 0.6) is 5.88 Å². The smallest absolute Gasteiger partial charge is 0.335 e. The first-order chi connectivity index (χ1) is 21.8. The van der Waals surface area contributed by atoms with Gasteiger partial charge in [0.25, 0.3) is 0 Å². The van der Waals surface area contributed by atoms with Crippen LogP contribution in [-0.4, -0.2) is 61.2 Å². The van der Waals surface area contributed by atoms with Crippen molar-refractivity contribution >= 4 is 22.8 Å². The second-order valence-electron chi connectivity index (χ2n) is 11.3. The number of hydrogen-bond donors (Lipinski definition) is 1. The predicted octanol–water partition coefficient (Wildman–Crippen LogP) is 5.24. The van der Waals surface area contributed by atoms with Crippen LogP contribution in [0.3, 0.4) is 0 Å². The van der Waals surface area contributed by atoms with Crippen molar-refractivity contribution in [1.82, 2.24) is 24.4 Å². The van der Waals surface area contributed by atoms with Crippen LogP contribution in [0, 0.1) is 17.1 Å². The summed E-state index contributed by atoms with van der Waals surface area (Å²) in [4.78, 5) is 30.0. The Hall–Kier alpha value is -5.28. The summed E-state index contributed by atoms with van der Waals surface area (Å²) < 4.78 is 27.7. The number of ether oxygens (including phenoxy) is 1. The van der Waals surface area contributed by atoms with Gasteiger partial charge in [-0.2, -0.15) is 10.2 Å². The van der Waals surface area contributed by atoms with Crippen molar-refractivity contribution in [2.24, 2.45) is 0 Å². The maximum absolute atomic E-state index is 14.4. The Bertz CT molecular complexity index is 1870. The summed E-state index contributed by atoms with van der Waals surface area (Å²) in [5.74, 6) is 0.966. The Labute approximate surface area is 259 Å². The van der Waals surface area contributed by atoms with Crippen LogP contribution in [0.4, 0.5) is 10.2 Å². The lowest BCUT2D eigenvalue weighted by Crippen LogP contribution is -2.42. The molecule has 230 valence electrons. The topological polar surface area (TPSA) is 134 Å². The van der Waals surface area contributed by atoms with Gasteiger partial charge in [-0.25, -0.2) is 19.2 Å². The largest absolute Gasteiger partial charge is 0.478 e. The zero-order valence-electron chi connectivity index (χ0n) is 24.9. The van der Waals surface area contributed by atoms with Crippen molar-refractivity contribution in [1.29, 1.82) is 5.26 Å². The maximum atomic E-state index is 14.4. The number of carboxylic acids is 1. The number of oxazole rings is 1. The van der Waals surface area contributed by atoms with Gasteiger partial charge >= 0.3 is 5.97 Å². The van der Waals surface area contributed by atoms with Crippen LogP contribution in [0.2, 0.25) is 0 Å². The van der Waals surface area contributed by atoms with E-state index < -0.39 is 11.8 Å². The molecular formula is C33H32FN7O4. The summed E-state index contributed by atoms with van der Waals surface area (Å²) in [5.41, 5.74) is 2.20. The molecule has 1 aliphatic rings. The molecule has 0 amide bonds. The molecule has 4 heterocycles. The molecule has 0 radical (unpaired) electrons. The Balaban J connectivity index is 1.18. The van der Waals surface area contributed by atoms with Crippen LogP contribution in [0.25, 0.3) is 11.0 Å². The van der Waals surface area contributed by atoms with Crippen LogP contribution in [-0.2, 0) is 19.7 Å². The molecule has 1 saturated heterocycles. The van der Waals surface area contributed by atoms with Crippen LogP contribution in [0.15, 0.2) is 71.5 Å². The molecule has 0 aliphatic carbocycles. The zero-order valence-corrected chi connectivity index (χ0v) is 24.9. The number of aromatic carboxylic acids is 1. The molecule has 1 fully saturated rings. The normalized spacial score (nSPS) is 16.4. The minimum Gasteiger partial charge on any atom is -0.478 e. The number of pyridine rings is 1.